The molecule has 1 aromatic carbocycles. The topological polar surface area (TPSA) is 65.2 Å². The quantitative estimate of drug-likeness (QED) is 0.798. The van der Waals surface area contributed by atoms with Crippen molar-refractivity contribution >= 4 is 5.78 Å². The Morgan fingerprint density at radius 3 is 2.58 bits per heavy atom. The molecule has 0 saturated heterocycles. The van der Waals surface area contributed by atoms with Crippen molar-refractivity contribution in [2.45, 2.75) is 33.3 Å². The smallest absolute Gasteiger partial charge is 0.253 e. The number of benzene rings is 1. The fraction of sp³-hybridized carbons (Fsp3) is 0.357. The SMILES string of the molecule is CC(=O)CCc1ccc(OCc2nnc(C)o2)cc1. The fourth-order valence-electron chi connectivity index (χ4n) is 1.61. The summed E-state index contributed by atoms with van der Waals surface area (Å²) in [5.74, 6) is 1.92. The summed E-state index contributed by atoms with van der Waals surface area (Å²) in [6, 6.07) is 7.66. The minimum Gasteiger partial charge on any atom is -0.484 e. The lowest BCUT2D eigenvalue weighted by molar-refractivity contribution is -0.116. The van der Waals surface area contributed by atoms with Crippen LogP contribution in [0, 0.1) is 6.92 Å². The van der Waals surface area contributed by atoms with Crippen molar-refractivity contribution in [3.8, 4) is 5.75 Å². The van der Waals surface area contributed by atoms with Crippen LogP contribution in [0.2, 0.25) is 0 Å². The summed E-state index contributed by atoms with van der Waals surface area (Å²) in [7, 11) is 0. The molecule has 1 aromatic heterocycles. The third kappa shape index (κ3) is 4.21. The summed E-state index contributed by atoms with van der Waals surface area (Å²) in [4.78, 5) is 10.9. The maximum Gasteiger partial charge on any atom is 0.253 e. The molecule has 0 N–H and O–H groups in total. The Morgan fingerprint density at radius 2 is 2.00 bits per heavy atom. The van der Waals surface area contributed by atoms with Crippen LogP contribution in [0.1, 0.15) is 30.7 Å². The number of Topliss-reactive ketones (excluding diaryl/α,β-unsaturated/α-hetero) is 1. The molecule has 5 nitrogen and oxygen atoms in total. The van der Waals surface area contributed by atoms with Crippen molar-refractivity contribution in [2.75, 3.05) is 0 Å². The summed E-state index contributed by atoms with van der Waals surface area (Å²) in [6.45, 7) is 3.60. The van der Waals surface area contributed by atoms with Crippen LogP contribution >= 0.6 is 0 Å². The van der Waals surface area contributed by atoms with E-state index in [-0.39, 0.29) is 12.4 Å². The normalized spacial score (nSPS) is 10.4. The van der Waals surface area contributed by atoms with E-state index < -0.39 is 0 Å². The van der Waals surface area contributed by atoms with Gasteiger partial charge in [-0.25, -0.2) is 0 Å². The molecule has 1 heterocycles. The monoisotopic (exact) mass is 260 g/mol. The van der Waals surface area contributed by atoms with E-state index in [2.05, 4.69) is 10.2 Å². The number of aryl methyl sites for hydroxylation is 2. The van der Waals surface area contributed by atoms with Crippen LogP contribution in [0.25, 0.3) is 0 Å². The lowest BCUT2D eigenvalue weighted by Crippen LogP contribution is -1.97. The molecule has 19 heavy (non-hydrogen) atoms. The number of nitrogens with zero attached hydrogens (tertiary/aromatic N) is 2. The molecule has 0 saturated carbocycles. The highest BCUT2D eigenvalue weighted by molar-refractivity contribution is 5.75. The molecular weight excluding hydrogens is 244 g/mol. The fourth-order valence-corrected chi connectivity index (χ4v) is 1.61. The largest absolute Gasteiger partial charge is 0.484 e. The first-order valence-electron chi connectivity index (χ1n) is 6.13. The molecule has 0 fully saturated rings. The average molecular weight is 260 g/mol. The van der Waals surface area contributed by atoms with Gasteiger partial charge in [-0.15, -0.1) is 10.2 Å². The van der Waals surface area contributed by atoms with E-state index in [9.17, 15) is 4.79 Å². The molecule has 0 atom stereocenters. The zero-order valence-electron chi connectivity index (χ0n) is 11.0. The number of hydrogen-bond donors (Lipinski definition) is 0. The van der Waals surface area contributed by atoms with Crippen LogP contribution in [0.15, 0.2) is 28.7 Å². The molecule has 5 heteroatoms. The minimum absolute atomic E-state index is 0.201. The summed E-state index contributed by atoms with van der Waals surface area (Å²) >= 11 is 0. The Hall–Kier alpha value is -2.17. The standard InChI is InChI=1S/C14H16N2O3/c1-10(17)3-4-12-5-7-13(8-6-12)18-9-14-16-15-11(2)19-14/h5-8H,3-4,9H2,1-2H3. The molecule has 0 aliphatic rings. The van der Waals surface area contributed by atoms with Gasteiger partial charge in [-0.05, 0) is 31.0 Å². The van der Waals surface area contributed by atoms with Gasteiger partial charge in [-0.1, -0.05) is 12.1 Å². The number of ether oxygens (including phenoxy) is 1. The number of carbonyl (C=O) groups is 1. The number of aromatic nitrogens is 2. The van der Waals surface area contributed by atoms with E-state index in [1.807, 2.05) is 24.3 Å². The lowest BCUT2D eigenvalue weighted by Gasteiger charge is -2.04. The van der Waals surface area contributed by atoms with Crippen LogP contribution in [0.5, 0.6) is 5.75 Å². The van der Waals surface area contributed by atoms with Crippen molar-refractivity contribution in [1.82, 2.24) is 10.2 Å². The van der Waals surface area contributed by atoms with Crippen molar-refractivity contribution < 1.29 is 13.9 Å². The van der Waals surface area contributed by atoms with Crippen LogP contribution in [-0.2, 0) is 17.8 Å². The Morgan fingerprint density at radius 1 is 1.26 bits per heavy atom. The van der Waals surface area contributed by atoms with Gasteiger partial charge in [-0.3, -0.25) is 0 Å². The Labute approximate surface area is 111 Å². The molecular formula is C14H16N2O3. The highest BCUT2D eigenvalue weighted by Gasteiger charge is 2.03. The highest BCUT2D eigenvalue weighted by atomic mass is 16.5. The second-order valence-electron chi connectivity index (χ2n) is 4.35. The Balaban J connectivity index is 1.86. The predicted octanol–water partition coefficient (Wildman–Crippen LogP) is 2.48. The zero-order chi connectivity index (χ0) is 13.7. The summed E-state index contributed by atoms with van der Waals surface area (Å²) in [5, 5.41) is 7.57. The van der Waals surface area contributed by atoms with E-state index >= 15 is 0 Å². The third-order valence-electron chi connectivity index (χ3n) is 2.62. The second kappa shape index (κ2) is 6.13. The maximum absolute atomic E-state index is 10.9. The molecule has 0 radical (unpaired) electrons. The van der Waals surface area contributed by atoms with Crippen LogP contribution < -0.4 is 4.74 Å². The molecule has 2 aromatic rings. The number of hydrogen-bond acceptors (Lipinski definition) is 5. The molecule has 0 bridgehead atoms. The van der Waals surface area contributed by atoms with Gasteiger partial charge >= 0.3 is 0 Å². The number of ketones is 1. The van der Waals surface area contributed by atoms with Gasteiger partial charge in [0.1, 0.15) is 11.5 Å². The van der Waals surface area contributed by atoms with Gasteiger partial charge in [-0.2, -0.15) is 0 Å². The lowest BCUT2D eigenvalue weighted by atomic mass is 10.1. The van der Waals surface area contributed by atoms with Gasteiger partial charge in [0.15, 0.2) is 6.61 Å². The van der Waals surface area contributed by atoms with E-state index in [1.165, 1.54) is 0 Å². The van der Waals surface area contributed by atoms with Crippen LogP contribution in [0.4, 0.5) is 0 Å². The zero-order valence-corrected chi connectivity index (χ0v) is 11.0. The maximum atomic E-state index is 10.9. The molecule has 100 valence electrons. The van der Waals surface area contributed by atoms with Gasteiger partial charge in [0.2, 0.25) is 5.89 Å². The van der Waals surface area contributed by atoms with E-state index in [4.69, 9.17) is 9.15 Å². The van der Waals surface area contributed by atoms with E-state index in [0.29, 0.717) is 18.2 Å². The van der Waals surface area contributed by atoms with Crippen molar-refractivity contribution in [3.05, 3.63) is 41.6 Å². The molecule has 0 unspecified atom stereocenters. The van der Waals surface area contributed by atoms with Gasteiger partial charge < -0.3 is 13.9 Å². The third-order valence-corrected chi connectivity index (χ3v) is 2.62. The Kier molecular flexibility index (Phi) is 4.28. The second-order valence-corrected chi connectivity index (χ2v) is 4.35. The average Bonchev–Trinajstić information content (AvgIpc) is 2.81. The number of rotatable bonds is 6. The highest BCUT2D eigenvalue weighted by Crippen LogP contribution is 2.15. The summed E-state index contributed by atoms with van der Waals surface area (Å²) < 4.78 is 10.7. The van der Waals surface area contributed by atoms with E-state index in [1.54, 1.807) is 13.8 Å². The van der Waals surface area contributed by atoms with E-state index in [0.717, 1.165) is 17.7 Å². The summed E-state index contributed by atoms with van der Waals surface area (Å²) in [5.41, 5.74) is 1.12. The van der Waals surface area contributed by atoms with Crippen molar-refractivity contribution in [3.63, 3.8) is 0 Å². The van der Waals surface area contributed by atoms with Gasteiger partial charge in [0, 0.05) is 13.3 Å². The summed E-state index contributed by atoms with van der Waals surface area (Å²) in [6.07, 6.45) is 1.33. The first kappa shape index (κ1) is 13.3. The molecule has 2 rings (SSSR count). The van der Waals surface area contributed by atoms with Crippen molar-refractivity contribution in [1.29, 1.82) is 0 Å². The van der Waals surface area contributed by atoms with Gasteiger partial charge in [0.25, 0.3) is 5.89 Å². The molecule has 0 amide bonds. The molecule has 0 aliphatic heterocycles. The van der Waals surface area contributed by atoms with Crippen molar-refractivity contribution in [2.24, 2.45) is 0 Å². The molecule has 0 spiro atoms. The number of carbonyl (C=O) groups excluding carboxylic acids is 1. The van der Waals surface area contributed by atoms with Crippen LogP contribution in [-0.4, -0.2) is 16.0 Å². The minimum atomic E-state index is 0.201. The van der Waals surface area contributed by atoms with Crippen LogP contribution in [0.3, 0.4) is 0 Å². The first-order valence-corrected chi connectivity index (χ1v) is 6.13. The first-order chi connectivity index (χ1) is 9.13. The Bertz CT molecular complexity index is 546. The molecule has 0 aliphatic carbocycles. The predicted molar refractivity (Wildman–Crippen MR) is 68.8 cm³/mol. The van der Waals surface area contributed by atoms with Gasteiger partial charge in [0.05, 0.1) is 0 Å².